The first-order chi connectivity index (χ1) is 10.7. The van der Waals surface area contributed by atoms with Gasteiger partial charge in [0.05, 0.1) is 12.1 Å². The van der Waals surface area contributed by atoms with E-state index in [-0.39, 0.29) is 11.8 Å². The standard InChI is InChI=1S/C18H25NO3/c1-3-4-10-20-17-15-11-14-12-21-19(22-17)18(14,2)16(15)13-8-6-5-7-9-13/h5-9,14-17H,3-4,10-12H2,1-2H3/t14-,15-,16-,17+,18+/m1/s1. The first-order valence-electron chi connectivity index (χ1n) is 8.51. The van der Waals surface area contributed by atoms with Gasteiger partial charge in [-0.25, -0.2) is 4.84 Å². The van der Waals surface area contributed by atoms with Crippen LogP contribution < -0.4 is 0 Å². The van der Waals surface area contributed by atoms with Crippen LogP contribution in [0.1, 0.15) is 44.6 Å². The molecule has 0 N–H and O–H groups in total. The topological polar surface area (TPSA) is 30.9 Å². The zero-order valence-electron chi connectivity index (χ0n) is 13.4. The Morgan fingerprint density at radius 3 is 2.91 bits per heavy atom. The molecule has 120 valence electrons. The summed E-state index contributed by atoms with van der Waals surface area (Å²) in [5.74, 6) is 1.33. The van der Waals surface area contributed by atoms with Crippen LogP contribution in [0, 0.1) is 11.8 Å². The van der Waals surface area contributed by atoms with E-state index in [2.05, 4.69) is 44.2 Å². The molecule has 3 aliphatic rings. The van der Waals surface area contributed by atoms with E-state index in [1.807, 2.05) is 0 Å². The fourth-order valence-corrected chi connectivity index (χ4v) is 4.51. The van der Waals surface area contributed by atoms with E-state index < -0.39 is 0 Å². The maximum Gasteiger partial charge on any atom is 0.183 e. The van der Waals surface area contributed by atoms with Crippen molar-refractivity contribution in [1.82, 2.24) is 5.23 Å². The number of unbranched alkanes of at least 4 members (excludes halogenated alkanes) is 1. The fourth-order valence-electron chi connectivity index (χ4n) is 4.51. The van der Waals surface area contributed by atoms with Gasteiger partial charge in [0.25, 0.3) is 0 Å². The third-order valence-corrected chi connectivity index (χ3v) is 5.72. The Bertz CT molecular complexity index is 522. The number of nitrogens with zero attached hydrogens (tertiary/aromatic N) is 1. The van der Waals surface area contributed by atoms with Crippen molar-refractivity contribution in [3.05, 3.63) is 35.9 Å². The number of hydrogen-bond acceptors (Lipinski definition) is 4. The molecule has 22 heavy (non-hydrogen) atoms. The molecule has 3 fully saturated rings. The molecular weight excluding hydrogens is 278 g/mol. The zero-order valence-corrected chi connectivity index (χ0v) is 13.4. The quantitative estimate of drug-likeness (QED) is 0.779. The molecule has 4 nitrogen and oxygen atoms in total. The average Bonchev–Trinajstić information content (AvgIpc) is 2.95. The van der Waals surface area contributed by atoms with Gasteiger partial charge < -0.3 is 4.74 Å². The number of hydrogen-bond donors (Lipinski definition) is 0. The smallest absolute Gasteiger partial charge is 0.183 e. The number of ether oxygens (including phenoxy) is 1. The summed E-state index contributed by atoms with van der Waals surface area (Å²) in [7, 11) is 0. The normalized spacial score (nSPS) is 40.3. The molecule has 1 aliphatic carbocycles. The van der Waals surface area contributed by atoms with Crippen LogP contribution >= 0.6 is 0 Å². The molecule has 4 heteroatoms. The molecule has 2 bridgehead atoms. The van der Waals surface area contributed by atoms with Crippen LogP contribution in [0.2, 0.25) is 0 Å². The lowest BCUT2D eigenvalue weighted by molar-refractivity contribution is -0.455. The van der Waals surface area contributed by atoms with Gasteiger partial charge in [-0.05, 0) is 25.3 Å². The highest BCUT2D eigenvalue weighted by atomic mass is 17.0. The highest BCUT2D eigenvalue weighted by Crippen LogP contribution is 2.61. The number of hydroxylamine groups is 2. The summed E-state index contributed by atoms with van der Waals surface area (Å²) in [4.78, 5) is 11.9. The SMILES string of the molecule is CCCCO[C@H]1ON2OC[C@H]3C[C@@H]1[C@@H](c1ccccc1)[C@]32C. The van der Waals surface area contributed by atoms with Gasteiger partial charge in [0.1, 0.15) is 0 Å². The minimum atomic E-state index is -0.185. The van der Waals surface area contributed by atoms with E-state index in [9.17, 15) is 0 Å². The summed E-state index contributed by atoms with van der Waals surface area (Å²) in [6.07, 6.45) is 3.14. The highest BCUT2D eigenvalue weighted by molar-refractivity contribution is 5.29. The summed E-state index contributed by atoms with van der Waals surface area (Å²) < 4.78 is 6.06. The largest absolute Gasteiger partial charge is 0.350 e. The van der Waals surface area contributed by atoms with E-state index in [0.29, 0.717) is 17.8 Å². The van der Waals surface area contributed by atoms with E-state index in [4.69, 9.17) is 14.4 Å². The van der Waals surface area contributed by atoms with Gasteiger partial charge in [-0.3, -0.25) is 4.84 Å². The number of benzene rings is 1. The Kier molecular flexibility index (Phi) is 3.73. The van der Waals surface area contributed by atoms with Crippen LogP contribution in [-0.2, 0) is 14.4 Å². The highest BCUT2D eigenvalue weighted by Gasteiger charge is 2.66. The maximum atomic E-state index is 6.06. The molecule has 0 unspecified atom stereocenters. The van der Waals surface area contributed by atoms with E-state index in [1.54, 1.807) is 5.23 Å². The van der Waals surface area contributed by atoms with Crippen molar-refractivity contribution in [3.63, 3.8) is 0 Å². The van der Waals surface area contributed by atoms with Gasteiger partial charge in [0.2, 0.25) is 0 Å². The molecule has 0 spiro atoms. The molecule has 0 amide bonds. The van der Waals surface area contributed by atoms with Crippen molar-refractivity contribution >= 4 is 0 Å². The molecule has 1 aromatic carbocycles. The predicted octanol–water partition coefficient (Wildman–Crippen LogP) is 3.50. The van der Waals surface area contributed by atoms with Gasteiger partial charge in [-0.2, -0.15) is 0 Å². The summed E-state index contributed by atoms with van der Waals surface area (Å²) in [5, 5.41) is 1.76. The van der Waals surface area contributed by atoms with E-state index in [1.165, 1.54) is 5.56 Å². The minimum Gasteiger partial charge on any atom is -0.350 e. The van der Waals surface area contributed by atoms with Crippen LogP contribution in [0.15, 0.2) is 30.3 Å². The molecule has 5 atom stereocenters. The molecule has 0 aromatic heterocycles. The zero-order chi connectivity index (χ0) is 15.2. The Hall–Kier alpha value is -0.940. The maximum absolute atomic E-state index is 6.06. The molecule has 2 heterocycles. The van der Waals surface area contributed by atoms with Crippen molar-refractivity contribution in [2.75, 3.05) is 13.2 Å². The number of fused-ring (bicyclic) bond motifs is 1. The van der Waals surface area contributed by atoms with Gasteiger partial charge in [0.15, 0.2) is 6.29 Å². The van der Waals surface area contributed by atoms with Crippen molar-refractivity contribution in [2.24, 2.45) is 11.8 Å². The van der Waals surface area contributed by atoms with Crippen molar-refractivity contribution in [2.45, 2.75) is 50.9 Å². The third kappa shape index (κ3) is 2.05. The van der Waals surface area contributed by atoms with E-state index >= 15 is 0 Å². The molecule has 1 saturated carbocycles. The first kappa shape index (κ1) is 14.6. The predicted molar refractivity (Wildman–Crippen MR) is 82.7 cm³/mol. The van der Waals surface area contributed by atoms with Crippen LogP contribution in [0.25, 0.3) is 0 Å². The second kappa shape index (κ2) is 5.60. The van der Waals surface area contributed by atoms with Crippen LogP contribution in [0.3, 0.4) is 0 Å². The van der Waals surface area contributed by atoms with Gasteiger partial charge in [-0.15, -0.1) is 0 Å². The molecule has 2 aliphatic heterocycles. The average molecular weight is 303 g/mol. The second-order valence-corrected chi connectivity index (χ2v) is 6.96. The Balaban J connectivity index is 1.64. The Morgan fingerprint density at radius 1 is 1.32 bits per heavy atom. The van der Waals surface area contributed by atoms with Crippen LogP contribution in [0.5, 0.6) is 0 Å². The Labute approximate surface area is 132 Å². The molecule has 4 rings (SSSR count). The van der Waals surface area contributed by atoms with Crippen LogP contribution in [-0.4, -0.2) is 30.3 Å². The van der Waals surface area contributed by atoms with Crippen molar-refractivity contribution in [1.29, 1.82) is 0 Å². The molecule has 1 aromatic rings. The minimum absolute atomic E-state index is 0.0728. The lowest BCUT2D eigenvalue weighted by Crippen LogP contribution is -2.54. The third-order valence-electron chi connectivity index (χ3n) is 5.72. The monoisotopic (exact) mass is 303 g/mol. The summed E-state index contributed by atoms with van der Waals surface area (Å²) >= 11 is 0. The van der Waals surface area contributed by atoms with E-state index in [0.717, 1.165) is 32.5 Å². The summed E-state index contributed by atoms with van der Waals surface area (Å²) in [5.41, 5.74) is 1.30. The van der Waals surface area contributed by atoms with Crippen LogP contribution in [0.4, 0.5) is 0 Å². The molecule has 2 saturated heterocycles. The van der Waals surface area contributed by atoms with Crippen molar-refractivity contribution < 1.29 is 14.4 Å². The molecular formula is C18H25NO3. The number of rotatable bonds is 5. The molecule has 0 radical (unpaired) electrons. The van der Waals surface area contributed by atoms with Gasteiger partial charge in [-0.1, -0.05) is 48.9 Å². The van der Waals surface area contributed by atoms with Gasteiger partial charge in [0, 0.05) is 24.4 Å². The lowest BCUT2D eigenvalue weighted by Gasteiger charge is -2.46. The summed E-state index contributed by atoms with van der Waals surface area (Å²) in [6.45, 7) is 5.98. The fraction of sp³-hybridized carbons (Fsp3) is 0.667. The Morgan fingerprint density at radius 2 is 2.14 bits per heavy atom. The van der Waals surface area contributed by atoms with Crippen molar-refractivity contribution in [3.8, 4) is 0 Å². The lowest BCUT2D eigenvalue weighted by atomic mass is 9.76. The van der Waals surface area contributed by atoms with Gasteiger partial charge >= 0.3 is 0 Å². The second-order valence-electron chi connectivity index (χ2n) is 6.96. The summed E-state index contributed by atoms with van der Waals surface area (Å²) in [6, 6.07) is 10.8. The first-order valence-corrected chi connectivity index (χ1v) is 8.51.